The summed E-state index contributed by atoms with van der Waals surface area (Å²) < 4.78 is 4.70. The molecule has 1 aromatic carbocycles. The highest BCUT2D eigenvalue weighted by Gasteiger charge is 1.92. The third-order valence-corrected chi connectivity index (χ3v) is 1.03. The first-order valence-electron chi connectivity index (χ1n) is 2.75. The monoisotopic (exact) mass is 154 g/mol. The Labute approximate surface area is 64.1 Å². The second-order valence-electron chi connectivity index (χ2n) is 1.68. The van der Waals surface area contributed by atoms with Crippen LogP contribution in [0, 0.1) is 0 Å². The van der Waals surface area contributed by atoms with Gasteiger partial charge in [0, 0.05) is 12.2 Å². The van der Waals surface area contributed by atoms with Crippen molar-refractivity contribution in [2.75, 3.05) is 0 Å². The van der Waals surface area contributed by atoms with Crippen molar-refractivity contribution < 1.29 is 9.84 Å². The van der Waals surface area contributed by atoms with Gasteiger partial charge in [0.1, 0.15) is 5.75 Å². The number of hydrogen-bond acceptors (Lipinski definition) is 2. The van der Waals surface area contributed by atoms with Crippen LogP contribution >= 0.6 is 12.2 Å². The van der Waals surface area contributed by atoms with Crippen molar-refractivity contribution in [3.05, 3.63) is 30.3 Å². The van der Waals surface area contributed by atoms with Gasteiger partial charge in [-0.2, -0.15) is 0 Å². The summed E-state index contributed by atoms with van der Waals surface area (Å²) >= 11 is 4.31. The molecule has 3 heteroatoms. The van der Waals surface area contributed by atoms with Crippen LogP contribution in [-0.2, 0) is 0 Å². The average Bonchev–Trinajstić information content (AvgIpc) is 1.88. The fourth-order valence-electron chi connectivity index (χ4n) is 0.589. The molecule has 1 aromatic rings. The van der Waals surface area contributed by atoms with Crippen molar-refractivity contribution in [3.8, 4) is 5.75 Å². The molecular weight excluding hydrogens is 148 g/mol. The van der Waals surface area contributed by atoms with E-state index in [1.54, 1.807) is 24.3 Å². The standard InChI is InChI=1S/C7H6O2S/c8-7(10)9-6-4-2-1-3-5-6/h1-5H,(H,8,10). The molecule has 1 rings (SSSR count). The molecule has 0 fully saturated rings. The highest BCUT2D eigenvalue weighted by Crippen LogP contribution is 2.07. The van der Waals surface area contributed by atoms with Crippen LogP contribution < -0.4 is 4.74 Å². The van der Waals surface area contributed by atoms with Crippen molar-refractivity contribution in [1.29, 1.82) is 0 Å². The van der Waals surface area contributed by atoms with Gasteiger partial charge in [-0.25, -0.2) is 0 Å². The van der Waals surface area contributed by atoms with Crippen LogP contribution in [0.2, 0.25) is 0 Å². The molecule has 10 heavy (non-hydrogen) atoms. The maximum Gasteiger partial charge on any atom is 0.355 e. The molecule has 52 valence electrons. The van der Waals surface area contributed by atoms with E-state index in [1.807, 2.05) is 6.07 Å². The van der Waals surface area contributed by atoms with Gasteiger partial charge in [0.2, 0.25) is 0 Å². The predicted octanol–water partition coefficient (Wildman–Crippen LogP) is 1.91. The Hall–Kier alpha value is -1.09. The van der Waals surface area contributed by atoms with Gasteiger partial charge in [-0.3, -0.25) is 0 Å². The Kier molecular flexibility index (Phi) is 2.23. The summed E-state index contributed by atoms with van der Waals surface area (Å²) in [6.07, 6.45) is 0. The van der Waals surface area contributed by atoms with Crippen LogP contribution in [0.1, 0.15) is 0 Å². The lowest BCUT2D eigenvalue weighted by Crippen LogP contribution is -2.01. The first kappa shape index (κ1) is 7.02. The van der Waals surface area contributed by atoms with Crippen LogP contribution in [0.3, 0.4) is 0 Å². The Morgan fingerprint density at radius 3 is 2.40 bits per heavy atom. The lowest BCUT2D eigenvalue weighted by molar-refractivity contribution is 0.395. The van der Waals surface area contributed by atoms with Gasteiger partial charge in [0.05, 0.1) is 0 Å². The minimum Gasteiger partial charge on any atom is -0.472 e. The number of hydrogen-bond donors (Lipinski definition) is 1. The Bertz CT molecular complexity index is 220. The Morgan fingerprint density at radius 2 is 1.90 bits per heavy atom. The topological polar surface area (TPSA) is 29.5 Å². The lowest BCUT2D eigenvalue weighted by atomic mass is 10.3. The molecule has 0 saturated heterocycles. The molecule has 2 nitrogen and oxygen atoms in total. The SMILES string of the molecule is OC(=S)Oc1ccccc1. The van der Waals surface area contributed by atoms with E-state index >= 15 is 0 Å². The van der Waals surface area contributed by atoms with E-state index in [1.165, 1.54) is 0 Å². The molecule has 0 heterocycles. The highest BCUT2D eigenvalue weighted by atomic mass is 32.1. The number of rotatable bonds is 1. The fraction of sp³-hybridized carbons (Fsp3) is 0. The summed E-state index contributed by atoms with van der Waals surface area (Å²) in [6.45, 7) is 0. The minimum atomic E-state index is -0.453. The van der Waals surface area contributed by atoms with E-state index in [4.69, 9.17) is 9.84 Å². The first-order valence-corrected chi connectivity index (χ1v) is 3.15. The molecule has 0 saturated carbocycles. The zero-order chi connectivity index (χ0) is 7.40. The van der Waals surface area contributed by atoms with E-state index in [2.05, 4.69) is 12.2 Å². The van der Waals surface area contributed by atoms with Gasteiger partial charge in [0.25, 0.3) is 0 Å². The zero-order valence-electron chi connectivity index (χ0n) is 5.15. The number of para-hydroxylation sites is 1. The van der Waals surface area contributed by atoms with Crippen molar-refractivity contribution in [1.82, 2.24) is 0 Å². The summed E-state index contributed by atoms with van der Waals surface area (Å²) in [5.74, 6) is 0.551. The Morgan fingerprint density at radius 1 is 1.30 bits per heavy atom. The summed E-state index contributed by atoms with van der Waals surface area (Å²) in [6, 6.07) is 8.87. The molecule has 0 aliphatic carbocycles. The van der Waals surface area contributed by atoms with E-state index in [0.29, 0.717) is 5.75 Å². The summed E-state index contributed by atoms with van der Waals surface area (Å²) in [4.78, 5) is 0. The van der Waals surface area contributed by atoms with E-state index in [9.17, 15) is 0 Å². The van der Waals surface area contributed by atoms with Gasteiger partial charge in [-0.15, -0.1) is 0 Å². The lowest BCUT2D eigenvalue weighted by Gasteiger charge is -1.98. The van der Waals surface area contributed by atoms with Crippen LogP contribution in [0.15, 0.2) is 30.3 Å². The van der Waals surface area contributed by atoms with Crippen molar-refractivity contribution >= 4 is 17.5 Å². The smallest absolute Gasteiger partial charge is 0.355 e. The second-order valence-corrected chi connectivity index (χ2v) is 2.03. The van der Waals surface area contributed by atoms with Gasteiger partial charge in [-0.1, -0.05) is 18.2 Å². The molecule has 0 aromatic heterocycles. The molecule has 0 bridgehead atoms. The maximum atomic E-state index is 8.52. The molecule has 1 N–H and O–H groups in total. The molecule has 0 aliphatic heterocycles. The van der Waals surface area contributed by atoms with Gasteiger partial charge in [-0.05, 0) is 12.1 Å². The van der Waals surface area contributed by atoms with E-state index in [-0.39, 0.29) is 0 Å². The molecule has 0 amide bonds. The number of thiocarbonyl (C=S) groups is 1. The van der Waals surface area contributed by atoms with Gasteiger partial charge >= 0.3 is 5.24 Å². The maximum absolute atomic E-state index is 8.52. The summed E-state index contributed by atoms with van der Waals surface area (Å²) in [7, 11) is 0. The predicted molar refractivity (Wildman–Crippen MR) is 42.3 cm³/mol. The first-order chi connectivity index (χ1) is 4.79. The van der Waals surface area contributed by atoms with Crippen LogP contribution in [0.4, 0.5) is 0 Å². The van der Waals surface area contributed by atoms with Crippen LogP contribution in [0.5, 0.6) is 5.75 Å². The van der Waals surface area contributed by atoms with Crippen molar-refractivity contribution in [2.45, 2.75) is 0 Å². The van der Waals surface area contributed by atoms with E-state index in [0.717, 1.165) is 0 Å². The molecule has 0 unspecified atom stereocenters. The van der Waals surface area contributed by atoms with E-state index < -0.39 is 5.24 Å². The zero-order valence-corrected chi connectivity index (χ0v) is 5.97. The molecule has 0 spiro atoms. The number of aliphatic hydroxyl groups is 1. The molecule has 0 radical (unpaired) electrons. The third kappa shape index (κ3) is 2.03. The van der Waals surface area contributed by atoms with Crippen molar-refractivity contribution in [3.63, 3.8) is 0 Å². The highest BCUT2D eigenvalue weighted by molar-refractivity contribution is 7.79. The average molecular weight is 154 g/mol. The number of ether oxygens (including phenoxy) is 1. The van der Waals surface area contributed by atoms with Crippen molar-refractivity contribution in [2.24, 2.45) is 0 Å². The quantitative estimate of drug-likeness (QED) is 0.626. The molecule has 0 aliphatic rings. The minimum absolute atomic E-state index is 0.453. The number of benzene rings is 1. The van der Waals surface area contributed by atoms with Gasteiger partial charge < -0.3 is 9.84 Å². The number of aliphatic hydroxyl groups excluding tert-OH is 1. The third-order valence-electron chi connectivity index (χ3n) is 0.948. The van der Waals surface area contributed by atoms with Gasteiger partial charge in [0.15, 0.2) is 0 Å². The van der Waals surface area contributed by atoms with Crippen LogP contribution in [-0.4, -0.2) is 10.3 Å². The van der Waals surface area contributed by atoms with Crippen LogP contribution in [0.25, 0.3) is 0 Å². The normalized spacial score (nSPS) is 8.80. The fourth-order valence-corrected chi connectivity index (χ4v) is 0.686. The Balaban J connectivity index is 2.67. The summed E-state index contributed by atoms with van der Waals surface area (Å²) in [5.41, 5.74) is 0. The second kappa shape index (κ2) is 3.17. The summed E-state index contributed by atoms with van der Waals surface area (Å²) in [5, 5.41) is 8.06. The molecular formula is C7H6O2S. The molecule has 0 atom stereocenters. The largest absolute Gasteiger partial charge is 0.472 e.